The van der Waals surface area contributed by atoms with Crippen molar-refractivity contribution in [2.24, 2.45) is 5.16 Å². The molecule has 3 aromatic heterocycles. The van der Waals surface area contributed by atoms with E-state index in [9.17, 15) is 19.5 Å². The second-order valence-electron chi connectivity index (χ2n) is 7.38. The number of carboxylic acid groups (broad SMARTS) is 1. The van der Waals surface area contributed by atoms with Crippen LogP contribution in [0.5, 0.6) is 0 Å². The number of H-pyrrole nitrogens is 1. The van der Waals surface area contributed by atoms with Gasteiger partial charge in [0.2, 0.25) is 0 Å². The third-order valence-corrected chi connectivity index (χ3v) is 8.36. The minimum Gasteiger partial charge on any atom is -0.477 e. The number of nitrogens with two attached hydrogens (primary N) is 1. The number of carboxylic acids is 1. The number of anilines is 1. The molecule has 1 saturated heterocycles. The molecular formula is C19H17N9O5S3. The van der Waals surface area contributed by atoms with E-state index in [0.29, 0.717) is 33.3 Å². The maximum absolute atomic E-state index is 13.0. The van der Waals surface area contributed by atoms with Crippen molar-refractivity contribution >= 4 is 74.7 Å². The molecule has 2 aliphatic heterocycles. The van der Waals surface area contributed by atoms with Crippen LogP contribution in [0.3, 0.4) is 0 Å². The van der Waals surface area contributed by atoms with Crippen molar-refractivity contribution in [3.63, 3.8) is 0 Å². The molecule has 3 aromatic rings. The molecule has 0 unspecified atom stereocenters. The van der Waals surface area contributed by atoms with Crippen LogP contribution in [0.25, 0.3) is 11.2 Å². The van der Waals surface area contributed by atoms with Crippen LogP contribution in [0.15, 0.2) is 39.5 Å². The Labute approximate surface area is 214 Å². The van der Waals surface area contributed by atoms with E-state index in [0.717, 1.165) is 11.3 Å². The van der Waals surface area contributed by atoms with E-state index in [1.807, 2.05) is 0 Å². The van der Waals surface area contributed by atoms with Gasteiger partial charge >= 0.3 is 5.97 Å². The van der Waals surface area contributed by atoms with Crippen molar-refractivity contribution in [3.05, 3.63) is 35.0 Å². The first-order chi connectivity index (χ1) is 17.4. The lowest BCUT2D eigenvalue weighted by Crippen LogP contribution is -2.71. The number of aromatic nitrogens is 5. The lowest BCUT2D eigenvalue weighted by Gasteiger charge is -2.49. The Morgan fingerprint density at radius 2 is 2.25 bits per heavy atom. The minimum absolute atomic E-state index is 0.0882. The fourth-order valence-electron chi connectivity index (χ4n) is 3.70. The SMILES string of the molecule is CO/N=C(\C(=O)N[C@@H]1C(=O)N2C(C(=O)O)=C(CSc3ncnc4nc[nH]c34)CS[C@H]12)c1csc(N)n1. The zero-order valence-corrected chi connectivity index (χ0v) is 20.8. The van der Waals surface area contributed by atoms with Crippen molar-refractivity contribution in [3.8, 4) is 0 Å². The number of fused-ring (bicyclic) bond motifs is 2. The Morgan fingerprint density at radius 3 is 2.97 bits per heavy atom. The quantitative estimate of drug-likeness (QED) is 0.0987. The number of hydrogen-bond acceptors (Lipinski definition) is 13. The average Bonchev–Trinajstić information content (AvgIpc) is 3.52. The second-order valence-corrected chi connectivity index (χ2v) is 10.3. The molecule has 2 atom stereocenters. The van der Waals surface area contributed by atoms with Gasteiger partial charge < -0.3 is 26.0 Å². The topological polar surface area (TPSA) is 202 Å². The largest absolute Gasteiger partial charge is 0.477 e. The van der Waals surface area contributed by atoms with Gasteiger partial charge in [-0.3, -0.25) is 14.5 Å². The van der Waals surface area contributed by atoms with E-state index in [1.165, 1.54) is 48.2 Å². The zero-order chi connectivity index (χ0) is 25.4. The summed E-state index contributed by atoms with van der Waals surface area (Å²) in [5, 5.41) is 18.1. The van der Waals surface area contributed by atoms with Gasteiger partial charge in [-0.2, -0.15) is 0 Å². The van der Waals surface area contributed by atoms with Crippen molar-refractivity contribution < 1.29 is 24.3 Å². The summed E-state index contributed by atoms with van der Waals surface area (Å²) in [6.45, 7) is 0. The molecule has 2 amide bonds. The summed E-state index contributed by atoms with van der Waals surface area (Å²) >= 11 is 3.81. The first kappa shape index (κ1) is 24.0. The maximum atomic E-state index is 13.0. The summed E-state index contributed by atoms with van der Waals surface area (Å²) in [5.41, 5.74) is 7.35. The van der Waals surface area contributed by atoms with Gasteiger partial charge in [0.1, 0.15) is 46.8 Å². The number of carbonyl (C=O) groups is 3. The van der Waals surface area contributed by atoms with Crippen LogP contribution in [-0.2, 0) is 19.2 Å². The number of nitrogen functional groups attached to an aromatic ring is 1. The van der Waals surface area contributed by atoms with Gasteiger partial charge in [0.05, 0.1) is 6.33 Å². The number of oxime groups is 1. The Morgan fingerprint density at radius 1 is 1.42 bits per heavy atom. The molecule has 0 radical (unpaired) electrons. The van der Waals surface area contributed by atoms with Crippen molar-refractivity contribution in [2.45, 2.75) is 16.4 Å². The zero-order valence-electron chi connectivity index (χ0n) is 18.4. The van der Waals surface area contributed by atoms with Crippen molar-refractivity contribution in [1.29, 1.82) is 0 Å². The lowest BCUT2D eigenvalue weighted by molar-refractivity contribution is -0.150. The van der Waals surface area contributed by atoms with E-state index < -0.39 is 29.2 Å². The molecule has 0 aliphatic carbocycles. The van der Waals surface area contributed by atoms with Gasteiger partial charge in [-0.05, 0) is 5.57 Å². The number of aromatic amines is 1. The standard InChI is InChI=1S/C19H17N9O5S3/c1-33-27-9(8-4-36-19(20)25-8)14(29)26-11-16(30)28-12(18(31)32)7(3-35-17(11)28)2-34-15-10-13(22-5-21-10)23-6-24-15/h4-6,11,17H,2-3H2,1H3,(H2,20,25)(H,26,29)(H,31,32)(H,21,22,23,24)/b27-9-/t11-,17-/m1/s1. The molecule has 2 aliphatic rings. The summed E-state index contributed by atoms with van der Waals surface area (Å²) in [5.74, 6) is -1.79. The van der Waals surface area contributed by atoms with Gasteiger partial charge in [-0.1, -0.05) is 16.9 Å². The van der Waals surface area contributed by atoms with Gasteiger partial charge in [0.15, 0.2) is 16.5 Å². The summed E-state index contributed by atoms with van der Waals surface area (Å²) in [6.07, 6.45) is 2.89. The Bertz CT molecular complexity index is 1430. The van der Waals surface area contributed by atoms with E-state index in [2.05, 4.69) is 35.4 Å². The number of aliphatic carboxylic acids is 1. The van der Waals surface area contributed by atoms with Crippen molar-refractivity contribution in [2.75, 3.05) is 24.3 Å². The molecule has 0 bridgehead atoms. The van der Waals surface area contributed by atoms with Gasteiger partial charge in [0.25, 0.3) is 11.8 Å². The Balaban J connectivity index is 1.32. The fraction of sp³-hybridized carbons (Fsp3) is 0.263. The van der Waals surface area contributed by atoms with Crippen molar-refractivity contribution in [1.82, 2.24) is 35.1 Å². The van der Waals surface area contributed by atoms with E-state index >= 15 is 0 Å². The summed E-state index contributed by atoms with van der Waals surface area (Å²) < 4.78 is 0. The van der Waals surface area contributed by atoms with Gasteiger partial charge in [-0.25, -0.2) is 24.7 Å². The molecule has 5 rings (SSSR count). The smallest absolute Gasteiger partial charge is 0.352 e. The van der Waals surface area contributed by atoms with Crippen LogP contribution >= 0.6 is 34.9 Å². The molecular weight excluding hydrogens is 530 g/mol. The highest BCUT2D eigenvalue weighted by molar-refractivity contribution is 8.01. The van der Waals surface area contributed by atoms with Gasteiger partial charge in [0, 0.05) is 16.9 Å². The monoisotopic (exact) mass is 547 g/mol. The van der Waals surface area contributed by atoms with E-state index in [4.69, 9.17) is 10.6 Å². The predicted molar refractivity (Wildman–Crippen MR) is 132 cm³/mol. The molecule has 1 fully saturated rings. The number of imidazole rings is 1. The molecule has 36 heavy (non-hydrogen) atoms. The number of amides is 2. The van der Waals surface area contributed by atoms with Crippen LogP contribution in [0.1, 0.15) is 5.69 Å². The van der Waals surface area contributed by atoms with Crippen LogP contribution in [0, 0.1) is 0 Å². The molecule has 0 aromatic carbocycles. The number of nitrogens with zero attached hydrogens (tertiary/aromatic N) is 6. The number of thiazole rings is 1. The predicted octanol–water partition coefficient (Wildman–Crippen LogP) is 0.273. The van der Waals surface area contributed by atoms with Gasteiger partial charge in [-0.15, -0.1) is 23.1 Å². The average molecular weight is 548 g/mol. The summed E-state index contributed by atoms with van der Waals surface area (Å²) in [7, 11) is 1.28. The highest BCUT2D eigenvalue weighted by Crippen LogP contribution is 2.41. The summed E-state index contributed by atoms with van der Waals surface area (Å²) in [6, 6.07) is -0.935. The number of β-lactam (4-membered cyclic amide) rings is 1. The number of carbonyl (C=O) groups excluding carboxylic acids is 2. The normalized spacial score (nSPS) is 19.8. The van der Waals surface area contributed by atoms with Crippen LogP contribution in [0.2, 0.25) is 0 Å². The lowest BCUT2D eigenvalue weighted by atomic mass is 10.0. The highest BCUT2D eigenvalue weighted by atomic mass is 32.2. The number of thioether (sulfide) groups is 2. The molecule has 17 heteroatoms. The summed E-state index contributed by atoms with van der Waals surface area (Å²) in [4.78, 5) is 63.3. The van der Waals surface area contributed by atoms with Crippen LogP contribution in [-0.4, -0.2) is 88.5 Å². The molecule has 186 valence electrons. The maximum Gasteiger partial charge on any atom is 0.352 e. The Kier molecular flexibility index (Phi) is 6.50. The molecule has 14 nitrogen and oxygen atoms in total. The molecule has 0 spiro atoms. The second kappa shape index (κ2) is 9.75. The third kappa shape index (κ3) is 4.24. The fourth-order valence-corrected chi connectivity index (χ4v) is 6.69. The Hall–Kier alpha value is -3.70. The molecule has 0 saturated carbocycles. The molecule has 5 N–H and O–H groups in total. The first-order valence-electron chi connectivity index (χ1n) is 10.2. The molecule has 5 heterocycles. The van der Waals surface area contributed by atoms with Crippen LogP contribution in [0.4, 0.5) is 5.13 Å². The van der Waals surface area contributed by atoms with Crippen LogP contribution < -0.4 is 11.1 Å². The van der Waals surface area contributed by atoms with E-state index in [-0.39, 0.29) is 22.2 Å². The number of nitrogens with one attached hydrogen (secondary N) is 2. The first-order valence-corrected chi connectivity index (χ1v) is 13.1. The third-order valence-electron chi connectivity index (χ3n) is 5.27. The number of rotatable bonds is 8. The number of hydrogen-bond donors (Lipinski definition) is 4. The minimum atomic E-state index is -1.22. The highest BCUT2D eigenvalue weighted by Gasteiger charge is 2.54. The van der Waals surface area contributed by atoms with E-state index in [1.54, 1.807) is 5.38 Å².